The molecule has 0 spiro atoms. The first-order valence-corrected chi connectivity index (χ1v) is 8.72. The second-order valence-electron chi connectivity index (χ2n) is 6.62. The third kappa shape index (κ3) is 5.57. The van der Waals surface area contributed by atoms with Crippen molar-refractivity contribution in [3.8, 4) is 5.75 Å². The second-order valence-corrected chi connectivity index (χ2v) is 6.62. The van der Waals surface area contributed by atoms with Crippen molar-refractivity contribution in [1.82, 2.24) is 0 Å². The number of rotatable bonds is 7. The summed E-state index contributed by atoms with van der Waals surface area (Å²) in [7, 11) is 0. The largest absolute Gasteiger partial charge is 0.505 e. The Bertz CT molecular complexity index is 777. The highest BCUT2D eigenvalue weighted by molar-refractivity contribution is 5.29. The minimum absolute atomic E-state index is 0.202. The highest BCUT2D eigenvalue weighted by atomic mass is 19.1. The van der Waals surface area contributed by atoms with Crippen molar-refractivity contribution in [1.29, 1.82) is 0 Å². The van der Waals surface area contributed by atoms with Crippen LogP contribution >= 0.6 is 0 Å². The van der Waals surface area contributed by atoms with Crippen molar-refractivity contribution in [3.05, 3.63) is 82.9 Å². The summed E-state index contributed by atoms with van der Waals surface area (Å²) in [6.45, 7) is 4.05. The summed E-state index contributed by atoms with van der Waals surface area (Å²) in [5.41, 5.74) is 5.38. The number of halogens is 1. The van der Waals surface area contributed by atoms with Gasteiger partial charge in [-0.05, 0) is 40.8 Å². The van der Waals surface area contributed by atoms with E-state index < -0.39 is 23.8 Å². The number of aliphatic hydroxyl groups is 2. The van der Waals surface area contributed by atoms with Crippen LogP contribution in [-0.2, 0) is 0 Å². The zero-order valence-electron chi connectivity index (χ0n) is 15.1. The molecular weight excluding hydrogens is 331 g/mol. The Morgan fingerprint density at radius 2 is 1.73 bits per heavy atom. The molecule has 0 aliphatic rings. The van der Waals surface area contributed by atoms with Crippen molar-refractivity contribution >= 4 is 0 Å². The van der Waals surface area contributed by atoms with Gasteiger partial charge in [0.2, 0.25) is 0 Å². The molecule has 0 saturated heterocycles. The summed E-state index contributed by atoms with van der Waals surface area (Å²) in [6, 6.07) is 13.3. The van der Waals surface area contributed by atoms with Gasteiger partial charge in [-0.25, -0.2) is 4.39 Å². The lowest BCUT2D eigenvalue weighted by Gasteiger charge is -2.15. The standard InChI is InChI=1S/C22H25FO3/c1-15(2)17(14-22(26)16-7-4-3-5-8-16)9-6-10-20(24)18-11-12-21(25)19(23)13-18/h3-8,11-13,15,20,22,24-26H,10,14H2,1-2H3/t9?,20-,22-/m1/s1. The fraction of sp³-hybridized carbons (Fsp3) is 0.318. The summed E-state index contributed by atoms with van der Waals surface area (Å²) in [5, 5.41) is 29.8. The zero-order valence-corrected chi connectivity index (χ0v) is 15.1. The van der Waals surface area contributed by atoms with Crippen LogP contribution in [0.25, 0.3) is 0 Å². The molecule has 0 amide bonds. The van der Waals surface area contributed by atoms with Gasteiger partial charge >= 0.3 is 0 Å². The van der Waals surface area contributed by atoms with E-state index in [1.54, 1.807) is 6.08 Å². The number of aromatic hydroxyl groups is 1. The maximum Gasteiger partial charge on any atom is 0.165 e. The summed E-state index contributed by atoms with van der Waals surface area (Å²) in [4.78, 5) is 0. The molecule has 0 fully saturated rings. The number of hydrogen-bond acceptors (Lipinski definition) is 3. The average molecular weight is 356 g/mol. The van der Waals surface area contributed by atoms with Crippen LogP contribution in [0.4, 0.5) is 4.39 Å². The smallest absolute Gasteiger partial charge is 0.165 e. The average Bonchev–Trinajstić information content (AvgIpc) is 2.63. The normalized spacial score (nSPS) is 13.2. The minimum Gasteiger partial charge on any atom is -0.505 e. The molecule has 0 unspecified atom stereocenters. The van der Waals surface area contributed by atoms with Gasteiger partial charge in [0.15, 0.2) is 11.6 Å². The molecule has 26 heavy (non-hydrogen) atoms. The maximum atomic E-state index is 13.4. The molecule has 0 aromatic heterocycles. The van der Waals surface area contributed by atoms with Gasteiger partial charge in [0, 0.05) is 12.8 Å². The van der Waals surface area contributed by atoms with E-state index in [1.165, 1.54) is 12.1 Å². The predicted molar refractivity (Wildman–Crippen MR) is 100 cm³/mol. The summed E-state index contributed by atoms with van der Waals surface area (Å²) in [6.07, 6.45) is 0.947. The van der Waals surface area contributed by atoms with Crippen LogP contribution in [0.1, 0.15) is 50.0 Å². The van der Waals surface area contributed by atoms with Gasteiger partial charge in [-0.2, -0.15) is 0 Å². The quantitative estimate of drug-likeness (QED) is 0.624. The van der Waals surface area contributed by atoms with E-state index >= 15 is 0 Å². The van der Waals surface area contributed by atoms with E-state index in [9.17, 15) is 19.7 Å². The summed E-state index contributed by atoms with van der Waals surface area (Å²) in [5.74, 6) is -0.990. The van der Waals surface area contributed by atoms with Gasteiger partial charge < -0.3 is 15.3 Å². The highest BCUT2D eigenvalue weighted by Crippen LogP contribution is 2.26. The van der Waals surface area contributed by atoms with Crippen molar-refractivity contribution in [2.24, 2.45) is 5.92 Å². The first-order chi connectivity index (χ1) is 12.4. The van der Waals surface area contributed by atoms with Crippen LogP contribution in [0.2, 0.25) is 0 Å². The molecule has 2 rings (SSSR count). The SMILES string of the molecule is CC(C)C(=C=CC[C@@H](O)c1ccc(O)c(F)c1)C[C@@H](O)c1ccccc1. The van der Waals surface area contributed by atoms with Gasteiger partial charge in [0.25, 0.3) is 0 Å². The van der Waals surface area contributed by atoms with Crippen LogP contribution in [0, 0.1) is 11.7 Å². The molecule has 2 aromatic carbocycles. The fourth-order valence-electron chi connectivity index (χ4n) is 2.63. The Balaban J connectivity index is 2.08. The summed E-state index contributed by atoms with van der Waals surface area (Å²) < 4.78 is 13.4. The van der Waals surface area contributed by atoms with Crippen molar-refractivity contribution < 1.29 is 19.7 Å². The Hall–Kier alpha value is -2.39. The summed E-state index contributed by atoms with van der Waals surface area (Å²) >= 11 is 0. The van der Waals surface area contributed by atoms with Gasteiger partial charge in [-0.3, -0.25) is 0 Å². The highest BCUT2D eigenvalue weighted by Gasteiger charge is 2.13. The molecule has 0 radical (unpaired) electrons. The Morgan fingerprint density at radius 1 is 1.04 bits per heavy atom. The molecule has 2 atom stereocenters. The molecule has 0 saturated carbocycles. The van der Waals surface area contributed by atoms with E-state index in [-0.39, 0.29) is 12.3 Å². The monoisotopic (exact) mass is 356 g/mol. The van der Waals surface area contributed by atoms with E-state index in [2.05, 4.69) is 5.73 Å². The second kappa shape index (κ2) is 9.35. The molecule has 0 aliphatic heterocycles. The first kappa shape index (κ1) is 19.9. The Kier molecular flexibility index (Phi) is 7.16. The third-order valence-corrected chi connectivity index (χ3v) is 4.28. The number of benzene rings is 2. The predicted octanol–water partition coefficient (Wildman–Crippen LogP) is 4.82. The molecule has 0 bridgehead atoms. The molecule has 3 N–H and O–H groups in total. The van der Waals surface area contributed by atoms with Gasteiger partial charge in [0.05, 0.1) is 12.2 Å². The zero-order chi connectivity index (χ0) is 19.1. The van der Waals surface area contributed by atoms with Crippen LogP contribution < -0.4 is 0 Å². The minimum atomic E-state index is -0.884. The molecule has 0 heterocycles. The lowest BCUT2D eigenvalue weighted by Crippen LogP contribution is -2.03. The van der Waals surface area contributed by atoms with E-state index in [4.69, 9.17) is 0 Å². The number of hydrogen-bond donors (Lipinski definition) is 3. The topological polar surface area (TPSA) is 60.7 Å². The van der Waals surface area contributed by atoms with Crippen LogP contribution in [0.5, 0.6) is 5.75 Å². The van der Waals surface area contributed by atoms with E-state index in [0.717, 1.165) is 17.2 Å². The van der Waals surface area contributed by atoms with Crippen LogP contribution in [-0.4, -0.2) is 15.3 Å². The van der Waals surface area contributed by atoms with E-state index in [1.807, 2.05) is 44.2 Å². The number of phenols is 1. The number of aliphatic hydroxyl groups excluding tert-OH is 2. The van der Waals surface area contributed by atoms with E-state index in [0.29, 0.717) is 12.0 Å². The van der Waals surface area contributed by atoms with Crippen molar-refractivity contribution in [3.63, 3.8) is 0 Å². The van der Waals surface area contributed by atoms with Crippen LogP contribution in [0.15, 0.2) is 65.9 Å². The van der Waals surface area contributed by atoms with Gasteiger partial charge in [-0.1, -0.05) is 50.2 Å². The lowest BCUT2D eigenvalue weighted by atomic mass is 9.94. The Labute approximate surface area is 153 Å². The first-order valence-electron chi connectivity index (χ1n) is 8.72. The molecular formula is C22H25FO3. The van der Waals surface area contributed by atoms with Gasteiger partial charge in [-0.15, -0.1) is 5.73 Å². The number of phenolic OH excluding ortho intramolecular Hbond substituents is 1. The molecule has 4 heteroatoms. The molecule has 3 nitrogen and oxygen atoms in total. The Morgan fingerprint density at radius 3 is 2.35 bits per heavy atom. The van der Waals surface area contributed by atoms with Crippen molar-refractivity contribution in [2.75, 3.05) is 0 Å². The molecule has 2 aromatic rings. The fourth-order valence-corrected chi connectivity index (χ4v) is 2.63. The lowest BCUT2D eigenvalue weighted by molar-refractivity contribution is 0.175. The van der Waals surface area contributed by atoms with Gasteiger partial charge in [0.1, 0.15) is 0 Å². The maximum absolute atomic E-state index is 13.4. The van der Waals surface area contributed by atoms with Crippen molar-refractivity contribution in [2.45, 2.75) is 38.9 Å². The van der Waals surface area contributed by atoms with Crippen LogP contribution in [0.3, 0.4) is 0 Å². The molecule has 0 aliphatic carbocycles. The third-order valence-electron chi connectivity index (χ3n) is 4.28. The molecule has 138 valence electrons.